The molecule has 0 aromatic heterocycles. The van der Waals surface area contributed by atoms with Crippen molar-refractivity contribution < 1.29 is 8.42 Å². The molecule has 1 aromatic carbocycles. The summed E-state index contributed by atoms with van der Waals surface area (Å²) in [5.74, 6) is -0.0663. The van der Waals surface area contributed by atoms with Crippen LogP contribution in [0.15, 0.2) is 24.3 Å². The number of hydrogen-bond acceptors (Lipinski definition) is 4. The van der Waals surface area contributed by atoms with Crippen molar-refractivity contribution in [3.8, 4) is 6.07 Å². The third kappa shape index (κ3) is 5.64. The lowest BCUT2D eigenvalue weighted by Gasteiger charge is -2.22. The van der Waals surface area contributed by atoms with Crippen molar-refractivity contribution in [2.75, 3.05) is 12.8 Å². The Kier molecular flexibility index (Phi) is 5.41. The molecule has 0 aliphatic carbocycles. The van der Waals surface area contributed by atoms with Crippen molar-refractivity contribution in [3.05, 3.63) is 35.4 Å². The Hall–Kier alpha value is -1.03. The highest BCUT2D eigenvalue weighted by molar-refractivity contribution is 8.00. The van der Waals surface area contributed by atoms with E-state index in [1.807, 2.05) is 26.2 Å². The maximum absolute atomic E-state index is 11.9. The lowest BCUT2D eigenvalue weighted by molar-refractivity contribution is 0.570. The van der Waals surface area contributed by atoms with E-state index in [-0.39, 0.29) is 10.5 Å². The van der Waals surface area contributed by atoms with Gasteiger partial charge in [0, 0.05) is 11.3 Å². The molecule has 0 amide bonds. The molecule has 0 unspecified atom stereocenters. The average molecular weight is 298 g/mol. The summed E-state index contributed by atoms with van der Waals surface area (Å²) < 4.78 is 26.3. The van der Waals surface area contributed by atoms with Gasteiger partial charge in [0.15, 0.2) is 0 Å². The molecule has 0 bridgehead atoms. The number of nitrogens with one attached hydrogen (secondary N) is 1. The molecule has 0 aliphatic heterocycles. The van der Waals surface area contributed by atoms with Crippen LogP contribution in [0.3, 0.4) is 0 Å². The molecule has 4 nitrogen and oxygen atoms in total. The van der Waals surface area contributed by atoms with Gasteiger partial charge in [0.2, 0.25) is 10.0 Å². The zero-order valence-corrected chi connectivity index (χ0v) is 12.9. The maximum Gasteiger partial charge on any atom is 0.215 e. The van der Waals surface area contributed by atoms with Gasteiger partial charge in [0.25, 0.3) is 0 Å². The maximum atomic E-state index is 11.9. The van der Waals surface area contributed by atoms with Crippen molar-refractivity contribution >= 4 is 21.8 Å². The summed E-state index contributed by atoms with van der Waals surface area (Å²) in [6.45, 7) is 4.37. The summed E-state index contributed by atoms with van der Waals surface area (Å²) >= 11 is 1.62. The van der Waals surface area contributed by atoms with E-state index in [0.717, 1.165) is 0 Å². The minimum atomic E-state index is -3.34. The van der Waals surface area contributed by atoms with Crippen molar-refractivity contribution in [2.24, 2.45) is 0 Å². The van der Waals surface area contributed by atoms with Crippen LogP contribution in [-0.2, 0) is 15.8 Å². The van der Waals surface area contributed by atoms with Gasteiger partial charge in [0.05, 0.1) is 17.4 Å². The molecule has 0 fully saturated rings. The van der Waals surface area contributed by atoms with Gasteiger partial charge in [-0.3, -0.25) is 0 Å². The molecule has 6 heteroatoms. The average Bonchev–Trinajstić information content (AvgIpc) is 2.37. The molecular weight excluding hydrogens is 280 g/mol. The molecule has 0 atom stereocenters. The van der Waals surface area contributed by atoms with Crippen LogP contribution >= 0.6 is 11.8 Å². The molecule has 1 aromatic rings. The number of hydrogen-bond donors (Lipinski definition) is 1. The van der Waals surface area contributed by atoms with Gasteiger partial charge in [-0.2, -0.15) is 17.0 Å². The number of rotatable bonds is 6. The summed E-state index contributed by atoms with van der Waals surface area (Å²) in [5.41, 5.74) is 1.20. The Bertz CT molecular complexity index is 557. The zero-order chi connectivity index (χ0) is 14.5. The second-order valence-electron chi connectivity index (χ2n) is 4.85. The zero-order valence-electron chi connectivity index (χ0n) is 11.3. The second kappa shape index (κ2) is 6.42. The summed E-state index contributed by atoms with van der Waals surface area (Å²) in [6.07, 6.45) is 1.95. The highest BCUT2D eigenvalue weighted by atomic mass is 32.2. The van der Waals surface area contributed by atoms with Crippen LogP contribution in [-0.4, -0.2) is 26.0 Å². The van der Waals surface area contributed by atoms with Crippen LogP contribution in [0.4, 0.5) is 0 Å². The van der Waals surface area contributed by atoms with E-state index in [2.05, 4.69) is 4.72 Å². The van der Waals surface area contributed by atoms with E-state index in [0.29, 0.717) is 17.7 Å². The lowest BCUT2D eigenvalue weighted by atomic mass is 10.2. The summed E-state index contributed by atoms with van der Waals surface area (Å²) in [5, 5.41) is 8.68. The van der Waals surface area contributed by atoms with E-state index in [1.165, 1.54) is 0 Å². The first kappa shape index (κ1) is 16.0. The van der Waals surface area contributed by atoms with E-state index < -0.39 is 10.0 Å². The lowest BCUT2D eigenvalue weighted by Crippen LogP contribution is -2.36. The molecule has 0 heterocycles. The first-order valence-corrected chi connectivity index (χ1v) is 8.67. The summed E-state index contributed by atoms with van der Waals surface area (Å²) in [4.78, 5) is 0. The van der Waals surface area contributed by atoms with Gasteiger partial charge in [-0.1, -0.05) is 12.1 Å². The second-order valence-corrected chi connectivity index (χ2v) is 8.17. The highest BCUT2D eigenvalue weighted by Crippen LogP contribution is 2.20. The minimum absolute atomic E-state index is 0.0663. The van der Waals surface area contributed by atoms with Crippen molar-refractivity contribution in [3.63, 3.8) is 0 Å². The van der Waals surface area contributed by atoms with E-state index in [9.17, 15) is 8.42 Å². The quantitative estimate of drug-likeness (QED) is 0.873. The number of sulfonamides is 1. The normalized spacial score (nSPS) is 12.1. The minimum Gasteiger partial charge on any atom is -0.214 e. The fourth-order valence-electron chi connectivity index (χ4n) is 1.30. The monoisotopic (exact) mass is 298 g/mol. The van der Waals surface area contributed by atoms with Gasteiger partial charge in [-0.25, -0.2) is 13.1 Å². The Morgan fingerprint density at radius 1 is 1.32 bits per heavy atom. The third-order valence-corrected chi connectivity index (χ3v) is 5.26. The molecule has 0 spiro atoms. The van der Waals surface area contributed by atoms with E-state index in [1.54, 1.807) is 36.0 Å². The van der Waals surface area contributed by atoms with Crippen molar-refractivity contribution in [1.82, 2.24) is 4.72 Å². The Labute approximate surface area is 119 Å². The summed E-state index contributed by atoms with van der Waals surface area (Å²) in [6, 6.07) is 8.57. The Morgan fingerprint density at radius 2 is 1.89 bits per heavy atom. The molecule has 104 valence electrons. The smallest absolute Gasteiger partial charge is 0.214 e. The van der Waals surface area contributed by atoms with Crippen LogP contribution in [0.25, 0.3) is 0 Å². The predicted molar refractivity (Wildman–Crippen MR) is 79.4 cm³/mol. The fraction of sp³-hybridized carbons (Fsp3) is 0.462. The van der Waals surface area contributed by atoms with Crippen molar-refractivity contribution in [1.29, 1.82) is 5.26 Å². The molecular formula is C13H18N2O2S2. The van der Waals surface area contributed by atoms with Gasteiger partial charge >= 0.3 is 0 Å². The molecule has 0 saturated heterocycles. The fourth-order valence-corrected chi connectivity index (χ4v) is 2.92. The van der Waals surface area contributed by atoms with Gasteiger partial charge in [-0.15, -0.1) is 0 Å². The van der Waals surface area contributed by atoms with Gasteiger partial charge in [-0.05, 0) is 37.8 Å². The molecule has 0 aliphatic rings. The molecule has 19 heavy (non-hydrogen) atoms. The number of benzene rings is 1. The summed E-state index contributed by atoms with van der Waals surface area (Å²) in [7, 11) is -3.34. The van der Waals surface area contributed by atoms with E-state index in [4.69, 9.17) is 5.26 Å². The molecule has 0 saturated carbocycles. The molecule has 1 rings (SSSR count). The van der Waals surface area contributed by atoms with Crippen LogP contribution < -0.4 is 4.72 Å². The standard InChI is InChI=1S/C13H18N2O2S2/c1-13(2,18-3)10-15-19(16,17)9-12-6-4-11(8-14)5-7-12/h4-7,15H,9-10H2,1-3H3. The third-order valence-electron chi connectivity index (χ3n) is 2.71. The number of thioether (sulfide) groups is 1. The van der Waals surface area contributed by atoms with Crippen LogP contribution in [0.1, 0.15) is 25.0 Å². The molecule has 1 N–H and O–H groups in total. The van der Waals surface area contributed by atoms with Crippen LogP contribution in [0, 0.1) is 11.3 Å². The van der Waals surface area contributed by atoms with Crippen LogP contribution in [0.2, 0.25) is 0 Å². The van der Waals surface area contributed by atoms with Gasteiger partial charge in [0.1, 0.15) is 0 Å². The van der Waals surface area contributed by atoms with Gasteiger partial charge < -0.3 is 0 Å². The first-order valence-electron chi connectivity index (χ1n) is 5.79. The van der Waals surface area contributed by atoms with E-state index >= 15 is 0 Å². The largest absolute Gasteiger partial charge is 0.215 e. The number of nitriles is 1. The molecule has 0 radical (unpaired) electrons. The van der Waals surface area contributed by atoms with Crippen LogP contribution in [0.5, 0.6) is 0 Å². The predicted octanol–water partition coefficient (Wildman–Crippen LogP) is 2.12. The Balaban J connectivity index is 2.66. The van der Waals surface area contributed by atoms with Crippen molar-refractivity contribution in [2.45, 2.75) is 24.3 Å². The SMILES string of the molecule is CSC(C)(C)CNS(=O)(=O)Cc1ccc(C#N)cc1. The Morgan fingerprint density at radius 3 is 2.37 bits per heavy atom. The highest BCUT2D eigenvalue weighted by Gasteiger charge is 2.20. The number of nitrogens with zero attached hydrogens (tertiary/aromatic N) is 1. The first-order chi connectivity index (χ1) is 8.78. The topological polar surface area (TPSA) is 70.0 Å².